The topological polar surface area (TPSA) is 32.3 Å². The zero-order chi connectivity index (χ0) is 12.0. The van der Waals surface area contributed by atoms with Gasteiger partial charge in [-0.1, -0.05) is 44.2 Å². The second kappa shape index (κ2) is 6.02. The molecule has 90 valence electrons. The van der Waals surface area contributed by atoms with E-state index in [0.717, 1.165) is 13.0 Å². The number of aliphatic hydroxyl groups is 1. The van der Waals surface area contributed by atoms with Crippen molar-refractivity contribution in [1.82, 2.24) is 5.32 Å². The summed E-state index contributed by atoms with van der Waals surface area (Å²) >= 11 is 0. The number of aliphatic hydroxyl groups excluding tert-OH is 1. The molecule has 0 bridgehead atoms. The van der Waals surface area contributed by atoms with Crippen molar-refractivity contribution in [1.29, 1.82) is 0 Å². The first-order valence-corrected chi connectivity index (χ1v) is 5.92. The Balaban J connectivity index is 2.34. The van der Waals surface area contributed by atoms with E-state index in [1.807, 2.05) is 6.07 Å². The Kier molecular flexibility index (Phi) is 4.97. The van der Waals surface area contributed by atoms with Crippen LogP contribution >= 0.6 is 0 Å². The molecule has 0 saturated carbocycles. The number of hydrogen-bond acceptors (Lipinski definition) is 2. The summed E-state index contributed by atoms with van der Waals surface area (Å²) in [5.41, 5.74) is 1.31. The molecular weight excluding hydrogens is 198 g/mol. The maximum atomic E-state index is 9.16. The van der Waals surface area contributed by atoms with Gasteiger partial charge in [0.25, 0.3) is 0 Å². The van der Waals surface area contributed by atoms with Gasteiger partial charge in [-0.3, -0.25) is 0 Å². The average molecular weight is 221 g/mol. The number of benzene rings is 1. The quantitative estimate of drug-likeness (QED) is 0.772. The molecule has 2 nitrogen and oxygen atoms in total. The lowest BCUT2D eigenvalue weighted by Gasteiger charge is -2.25. The van der Waals surface area contributed by atoms with Gasteiger partial charge >= 0.3 is 0 Å². The van der Waals surface area contributed by atoms with Crippen molar-refractivity contribution in [3.8, 4) is 0 Å². The normalized spacial score (nSPS) is 13.8. The Morgan fingerprint density at radius 3 is 2.44 bits per heavy atom. The predicted octanol–water partition coefficient (Wildman–Crippen LogP) is 2.23. The molecule has 1 aromatic rings. The molecule has 0 radical (unpaired) electrons. The van der Waals surface area contributed by atoms with Crippen molar-refractivity contribution >= 4 is 0 Å². The fraction of sp³-hybridized carbons (Fsp3) is 0.571. The number of nitrogens with one attached hydrogen (secondary N) is 1. The van der Waals surface area contributed by atoms with E-state index in [0.29, 0.717) is 6.04 Å². The average Bonchev–Trinajstić information content (AvgIpc) is 2.28. The van der Waals surface area contributed by atoms with Crippen LogP contribution in [-0.2, 0) is 6.42 Å². The molecule has 0 saturated heterocycles. The summed E-state index contributed by atoms with van der Waals surface area (Å²) < 4.78 is 0. The van der Waals surface area contributed by atoms with Crippen molar-refractivity contribution in [3.05, 3.63) is 35.9 Å². The zero-order valence-electron chi connectivity index (χ0n) is 10.5. The fourth-order valence-corrected chi connectivity index (χ4v) is 1.55. The maximum Gasteiger partial charge on any atom is 0.0494 e. The van der Waals surface area contributed by atoms with Gasteiger partial charge < -0.3 is 10.4 Å². The van der Waals surface area contributed by atoms with Crippen molar-refractivity contribution in [2.75, 3.05) is 13.2 Å². The Morgan fingerprint density at radius 2 is 1.88 bits per heavy atom. The predicted molar refractivity (Wildman–Crippen MR) is 68.5 cm³/mol. The number of rotatable bonds is 6. The van der Waals surface area contributed by atoms with Crippen molar-refractivity contribution in [3.63, 3.8) is 0 Å². The van der Waals surface area contributed by atoms with Crippen LogP contribution in [0.15, 0.2) is 30.3 Å². The van der Waals surface area contributed by atoms with Gasteiger partial charge in [0.1, 0.15) is 0 Å². The molecule has 2 N–H and O–H groups in total. The van der Waals surface area contributed by atoms with Crippen LogP contribution in [0.1, 0.15) is 26.3 Å². The van der Waals surface area contributed by atoms with E-state index < -0.39 is 0 Å². The Bertz CT molecular complexity index is 295. The molecule has 1 aromatic carbocycles. The molecule has 0 spiro atoms. The van der Waals surface area contributed by atoms with Crippen LogP contribution in [-0.4, -0.2) is 24.3 Å². The lowest BCUT2D eigenvalue weighted by Crippen LogP contribution is -2.38. The Labute approximate surface area is 98.7 Å². The van der Waals surface area contributed by atoms with Crippen LogP contribution in [0.25, 0.3) is 0 Å². The SMILES string of the molecule is CC(Cc1ccccc1)NCC(C)(C)CO. The molecule has 1 rings (SSSR count). The van der Waals surface area contributed by atoms with E-state index in [2.05, 4.69) is 50.4 Å². The van der Waals surface area contributed by atoms with Crippen LogP contribution in [0.4, 0.5) is 0 Å². The molecule has 0 aliphatic heterocycles. The molecule has 0 fully saturated rings. The minimum absolute atomic E-state index is 0.0368. The first-order chi connectivity index (χ1) is 7.53. The van der Waals surface area contributed by atoms with E-state index in [9.17, 15) is 0 Å². The van der Waals surface area contributed by atoms with Crippen LogP contribution < -0.4 is 5.32 Å². The summed E-state index contributed by atoms with van der Waals surface area (Å²) in [6.45, 7) is 7.38. The molecule has 0 heterocycles. The molecule has 2 heteroatoms. The van der Waals surface area contributed by atoms with Crippen LogP contribution in [0.2, 0.25) is 0 Å². The van der Waals surface area contributed by atoms with Crippen LogP contribution in [0, 0.1) is 5.41 Å². The molecule has 16 heavy (non-hydrogen) atoms. The monoisotopic (exact) mass is 221 g/mol. The van der Waals surface area contributed by atoms with Crippen molar-refractivity contribution in [2.24, 2.45) is 5.41 Å². The van der Waals surface area contributed by atoms with E-state index in [-0.39, 0.29) is 12.0 Å². The van der Waals surface area contributed by atoms with Gasteiger partial charge in [0.15, 0.2) is 0 Å². The van der Waals surface area contributed by atoms with Gasteiger partial charge in [0, 0.05) is 24.6 Å². The second-order valence-electron chi connectivity index (χ2n) is 5.29. The van der Waals surface area contributed by atoms with Gasteiger partial charge in [0.05, 0.1) is 0 Å². The summed E-state index contributed by atoms with van der Waals surface area (Å²) in [4.78, 5) is 0. The van der Waals surface area contributed by atoms with E-state index in [1.54, 1.807) is 0 Å². The van der Waals surface area contributed by atoms with Gasteiger partial charge in [-0.2, -0.15) is 0 Å². The molecule has 0 aromatic heterocycles. The third-order valence-electron chi connectivity index (χ3n) is 2.74. The third kappa shape index (κ3) is 4.77. The number of hydrogen-bond donors (Lipinski definition) is 2. The van der Waals surface area contributed by atoms with E-state index in [1.165, 1.54) is 5.56 Å². The van der Waals surface area contributed by atoms with Crippen LogP contribution in [0.3, 0.4) is 0 Å². The van der Waals surface area contributed by atoms with Gasteiger partial charge in [-0.25, -0.2) is 0 Å². The standard InChI is InChI=1S/C14H23NO/c1-12(15-10-14(2,3)11-16)9-13-7-5-4-6-8-13/h4-8,12,15-16H,9-11H2,1-3H3. The molecule has 1 atom stereocenters. The summed E-state index contributed by atoms with van der Waals surface area (Å²) in [5, 5.41) is 12.6. The van der Waals surface area contributed by atoms with E-state index >= 15 is 0 Å². The van der Waals surface area contributed by atoms with Crippen molar-refractivity contribution < 1.29 is 5.11 Å². The van der Waals surface area contributed by atoms with Gasteiger partial charge in [-0.15, -0.1) is 0 Å². The molecule has 0 amide bonds. The maximum absolute atomic E-state index is 9.16. The highest BCUT2D eigenvalue weighted by Crippen LogP contribution is 2.12. The highest BCUT2D eigenvalue weighted by Gasteiger charge is 2.16. The summed E-state index contributed by atoms with van der Waals surface area (Å²) in [7, 11) is 0. The lowest BCUT2D eigenvalue weighted by atomic mass is 9.94. The summed E-state index contributed by atoms with van der Waals surface area (Å²) in [5.74, 6) is 0. The van der Waals surface area contributed by atoms with Gasteiger partial charge in [0.2, 0.25) is 0 Å². The smallest absolute Gasteiger partial charge is 0.0494 e. The third-order valence-corrected chi connectivity index (χ3v) is 2.74. The Morgan fingerprint density at radius 1 is 1.25 bits per heavy atom. The summed E-state index contributed by atoms with van der Waals surface area (Å²) in [6, 6.07) is 10.9. The fourth-order valence-electron chi connectivity index (χ4n) is 1.55. The minimum Gasteiger partial charge on any atom is -0.396 e. The second-order valence-corrected chi connectivity index (χ2v) is 5.29. The van der Waals surface area contributed by atoms with Crippen molar-refractivity contribution in [2.45, 2.75) is 33.2 Å². The Hall–Kier alpha value is -0.860. The summed E-state index contributed by atoms with van der Waals surface area (Å²) in [6.07, 6.45) is 1.03. The van der Waals surface area contributed by atoms with Crippen LogP contribution in [0.5, 0.6) is 0 Å². The highest BCUT2D eigenvalue weighted by atomic mass is 16.3. The van der Waals surface area contributed by atoms with E-state index in [4.69, 9.17) is 5.11 Å². The molecule has 0 aliphatic carbocycles. The largest absolute Gasteiger partial charge is 0.396 e. The molecule has 1 unspecified atom stereocenters. The van der Waals surface area contributed by atoms with Gasteiger partial charge in [-0.05, 0) is 18.9 Å². The zero-order valence-corrected chi connectivity index (χ0v) is 10.5. The first-order valence-electron chi connectivity index (χ1n) is 5.92. The minimum atomic E-state index is -0.0368. The first kappa shape index (κ1) is 13.2. The molecular formula is C14H23NO. The highest BCUT2D eigenvalue weighted by molar-refractivity contribution is 5.15. The lowest BCUT2D eigenvalue weighted by molar-refractivity contribution is 0.154. The molecule has 0 aliphatic rings.